The highest BCUT2D eigenvalue weighted by Gasteiger charge is 2.19. The molecule has 0 aliphatic carbocycles. The first-order chi connectivity index (χ1) is 30.0. The molecule has 61 heavy (non-hydrogen) atoms. The molecule has 0 aromatic carbocycles. The van der Waals surface area contributed by atoms with E-state index in [1.165, 1.54) is 148 Å². The van der Waals surface area contributed by atoms with Crippen molar-refractivity contribution in [3.63, 3.8) is 0 Å². The number of carbonyl (C=O) groups excluding carboxylic acids is 3. The zero-order valence-electron chi connectivity index (χ0n) is 40.7. The SMILES string of the molecule is CCC/C=C\C/C=C\CCCCCCCC(=O)OC(COC(=O)CCCCCCCCCCC)COC(=O)CCCCCCCCCCC/C=C\CCCCCCCCCC. The van der Waals surface area contributed by atoms with Gasteiger partial charge in [-0.25, -0.2) is 0 Å². The molecule has 0 N–H and O–H groups in total. The number of hydrogen-bond acceptors (Lipinski definition) is 6. The van der Waals surface area contributed by atoms with Crippen LogP contribution in [0.25, 0.3) is 0 Å². The van der Waals surface area contributed by atoms with Crippen LogP contribution in [0.2, 0.25) is 0 Å². The van der Waals surface area contributed by atoms with Crippen LogP contribution in [0.5, 0.6) is 0 Å². The maximum atomic E-state index is 12.8. The Bertz CT molecular complexity index is 1030. The minimum Gasteiger partial charge on any atom is -0.462 e. The molecule has 356 valence electrons. The van der Waals surface area contributed by atoms with E-state index in [1.54, 1.807) is 0 Å². The summed E-state index contributed by atoms with van der Waals surface area (Å²) in [4.78, 5) is 37.9. The molecule has 6 nitrogen and oxygen atoms in total. The van der Waals surface area contributed by atoms with E-state index in [4.69, 9.17) is 14.2 Å². The lowest BCUT2D eigenvalue weighted by molar-refractivity contribution is -0.167. The summed E-state index contributed by atoms with van der Waals surface area (Å²) in [6.07, 6.45) is 58.5. The molecule has 0 aromatic heterocycles. The minimum atomic E-state index is -0.775. The Labute approximate surface area is 378 Å². The van der Waals surface area contributed by atoms with Crippen molar-refractivity contribution in [2.75, 3.05) is 13.2 Å². The quantitative estimate of drug-likeness (QED) is 0.0262. The van der Waals surface area contributed by atoms with Gasteiger partial charge in [-0.2, -0.15) is 0 Å². The first kappa shape index (κ1) is 58.6. The molecule has 1 atom stereocenters. The molecule has 0 saturated carbocycles. The molecule has 0 aliphatic rings. The van der Waals surface area contributed by atoms with Crippen molar-refractivity contribution in [1.29, 1.82) is 0 Å². The number of esters is 3. The van der Waals surface area contributed by atoms with E-state index in [9.17, 15) is 14.4 Å². The van der Waals surface area contributed by atoms with E-state index in [0.29, 0.717) is 19.3 Å². The maximum absolute atomic E-state index is 12.8. The molecule has 0 fully saturated rings. The van der Waals surface area contributed by atoms with Crippen LogP contribution >= 0.6 is 0 Å². The Balaban J connectivity index is 4.24. The first-order valence-electron chi connectivity index (χ1n) is 26.5. The lowest BCUT2D eigenvalue weighted by Crippen LogP contribution is -2.30. The third-order valence-electron chi connectivity index (χ3n) is 11.6. The molecule has 0 heterocycles. The predicted molar refractivity (Wildman–Crippen MR) is 261 cm³/mol. The number of rotatable bonds is 48. The minimum absolute atomic E-state index is 0.0761. The standard InChI is InChI=1S/C55H100O6/c1-4-7-10-13-16-19-21-23-24-25-26-27-28-29-30-32-33-36-39-42-45-48-54(57)60-51-52(50-59-53(56)47-44-41-38-35-18-15-12-9-6-3)61-55(58)49-46-43-40-37-34-31-22-20-17-14-11-8-5-2/h11,14,20,22,25-26,52H,4-10,12-13,15-19,21,23-24,27-51H2,1-3H3/b14-11-,22-20-,26-25-. The van der Waals surface area contributed by atoms with Gasteiger partial charge in [-0.05, 0) is 70.6 Å². The number of ether oxygens (including phenoxy) is 3. The zero-order valence-corrected chi connectivity index (χ0v) is 40.7. The van der Waals surface area contributed by atoms with Gasteiger partial charge in [-0.1, -0.05) is 224 Å². The summed E-state index contributed by atoms with van der Waals surface area (Å²) in [5, 5.41) is 0. The van der Waals surface area contributed by atoms with Gasteiger partial charge in [0, 0.05) is 19.3 Å². The number of unbranched alkanes of at least 4 members (excludes halogenated alkanes) is 31. The largest absolute Gasteiger partial charge is 0.462 e. The van der Waals surface area contributed by atoms with Crippen LogP contribution in [0.15, 0.2) is 36.5 Å². The normalized spacial score (nSPS) is 12.2. The highest BCUT2D eigenvalue weighted by molar-refractivity contribution is 5.71. The molecular formula is C55H100O6. The monoisotopic (exact) mass is 857 g/mol. The van der Waals surface area contributed by atoms with Gasteiger partial charge >= 0.3 is 17.9 Å². The van der Waals surface area contributed by atoms with Gasteiger partial charge in [0.2, 0.25) is 0 Å². The van der Waals surface area contributed by atoms with Crippen molar-refractivity contribution in [3.05, 3.63) is 36.5 Å². The van der Waals surface area contributed by atoms with Crippen molar-refractivity contribution in [2.24, 2.45) is 0 Å². The third kappa shape index (κ3) is 48.5. The Morgan fingerprint density at radius 1 is 0.328 bits per heavy atom. The molecule has 0 rings (SSSR count). The lowest BCUT2D eigenvalue weighted by atomic mass is 10.1. The fourth-order valence-electron chi connectivity index (χ4n) is 7.59. The van der Waals surface area contributed by atoms with E-state index in [2.05, 4.69) is 57.2 Å². The number of carbonyl (C=O) groups is 3. The molecule has 0 aliphatic heterocycles. The molecule has 0 radical (unpaired) electrons. The summed E-state index contributed by atoms with van der Waals surface area (Å²) < 4.78 is 16.8. The molecule has 0 saturated heterocycles. The molecule has 0 spiro atoms. The Morgan fingerprint density at radius 2 is 0.623 bits per heavy atom. The van der Waals surface area contributed by atoms with E-state index in [0.717, 1.165) is 89.9 Å². The second-order valence-electron chi connectivity index (χ2n) is 17.8. The summed E-state index contributed by atoms with van der Waals surface area (Å²) in [5.41, 5.74) is 0. The molecular weight excluding hydrogens is 757 g/mol. The van der Waals surface area contributed by atoms with Gasteiger partial charge < -0.3 is 14.2 Å². The van der Waals surface area contributed by atoms with Crippen molar-refractivity contribution in [2.45, 2.75) is 284 Å². The second kappa shape index (κ2) is 50.3. The van der Waals surface area contributed by atoms with Gasteiger partial charge in [0.25, 0.3) is 0 Å². The van der Waals surface area contributed by atoms with E-state index in [-0.39, 0.29) is 31.1 Å². The van der Waals surface area contributed by atoms with E-state index >= 15 is 0 Å². The van der Waals surface area contributed by atoms with Gasteiger partial charge in [0.05, 0.1) is 0 Å². The van der Waals surface area contributed by atoms with E-state index < -0.39 is 6.10 Å². The Kier molecular flexibility index (Phi) is 48.3. The highest BCUT2D eigenvalue weighted by atomic mass is 16.6. The van der Waals surface area contributed by atoms with Crippen LogP contribution in [-0.2, 0) is 28.6 Å². The molecule has 0 bridgehead atoms. The predicted octanol–water partition coefficient (Wildman–Crippen LogP) is 17.3. The van der Waals surface area contributed by atoms with Crippen molar-refractivity contribution < 1.29 is 28.6 Å². The first-order valence-corrected chi connectivity index (χ1v) is 26.5. The topological polar surface area (TPSA) is 78.9 Å². The summed E-state index contributed by atoms with van der Waals surface area (Å²) >= 11 is 0. The number of allylic oxidation sites excluding steroid dienone is 6. The van der Waals surface area contributed by atoms with E-state index in [1.807, 2.05) is 0 Å². The maximum Gasteiger partial charge on any atom is 0.306 e. The Morgan fingerprint density at radius 3 is 0.984 bits per heavy atom. The zero-order chi connectivity index (χ0) is 44.4. The molecule has 0 amide bonds. The van der Waals surface area contributed by atoms with Gasteiger partial charge in [0.15, 0.2) is 6.10 Å². The lowest BCUT2D eigenvalue weighted by Gasteiger charge is -2.18. The van der Waals surface area contributed by atoms with Crippen LogP contribution in [-0.4, -0.2) is 37.2 Å². The molecule has 1 unspecified atom stereocenters. The highest BCUT2D eigenvalue weighted by Crippen LogP contribution is 2.15. The summed E-state index contributed by atoms with van der Waals surface area (Å²) in [6.45, 7) is 6.56. The third-order valence-corrected chi connectivity index (χ3v) is 11.6. The Hall–Kier alpha value is -2.37. The van der Waals surface area contributed by atoms with Crippen LogP contribution < -0.4 is 0 Å². The van der Waals surface area contributed by atoms with Crippen molar-refractivity contribution >= 4 is 17.9 Å². The van der Waals surface area contributed by atoms with Gasteiger partial charge in [0.1, 0.15) is 13.2 Å². The van der Waals surface area contributed by atoms with Crippen molar-refractivity contribution in [3.8, 4) is 0 Å². The van der Waals surface area contributed by atoms with Gasteiger partial charge in [-0.15, -0.1) is 0 Å². The molecule has 6 heteroatoms. The van der Waals surface area contributed by atoms with Crippen LogP contribution in [0.1, 0.15) is 278 Å². The number of hydrogen-bond donors (Lipinski definition) is 0. The molecule has 0 aromatic rings. The summed E-state index contributed by atoms with van der Waals surface area (Å²) in [6, 6.07) is 0. The fraction of sp³-hybridized carbons (Fsp3) is 0.836. The van der Waals surface area contributed by atoms with Crippen LogP contribution in [0.4, 0.5) is 0 Å². The summed E-state index contributed by atoms with van der Waals surface area (Å²) in [7, 11) is 0. The second-order valence-corrected chi connectivity index (χ2v) is 17.8. The van der Waals surface area contributed by atoms with Gasteiger partial charge in [-0.3, -0.25) is 14.4 Å². The fourth-order valence-corrected chi connectivity index (χ4v) is 7.59. The van der Waals surface area contributed by atoms with Crippen LogP contribution in [0.3, 0.4) is 0 Å². The average Bonchev–Trinajstić information content (AvgIpc) is 3.26. The smallest absolute Gasteiger partial charge is 0.306 e. The summed E-state index contributed by atoms with van der Waals surface area (Å²) in [5.74, 6) is -0.886. The van der Waals surface area contributed by atoms with Crippen molar-refractivity contribution in [1.82, 2.24) is 0 Å². The van der Waals surface area contributed by atoms with Crippen LogP contribution in [0, 0.1) is 0 Å². The average molecular weight is 857 g/mol.